The monoisotopic (exact) mass is 520 g/mol. The van der Waals surface area contributed by atoms with Crippen LogP contribution in [0.5, 0.6) is 5.75 Å². The molecule has 2 N–H and O–H groups in total. The van der Waals surface area contributed by atoms with Gasteiger partial charge in [0.25, 0.3) is 5.91 Å². The summed E-state index contributed by atoms with van der Waals surface area (Å²) in [6, 6.07) is 22.7. The average Bonchev–Trinajstić information content (AvgIpc) is 2.88. The number of amides is 2. The molecule has 2 amide bonds. The molecule has 0 bridgehead atoms. The Balaban J connectivity index is 1.37. The molecule has 0 saturated carbocycles. The third-order valence-electron chi connectivity index (χ3n) is 6.67. The number of carbonyl (C=O) groups excluding carboxylic acids is 2. The lowest BCUT2D eigenvalue weighted by atomic mass is 9.76. The first-order chi connectivity index (χ1) is 17.8. The molecule has 7 heteroatoms. The molecule has 0 unspecified atom stereocenters. The van der Waals surface area contributed by atoms with Crippen molar-refractivity contribution in [3.63, 3.8) is 0 Å². The van der Waals surface area contributed by atoms with Crippen LogP contribution in [0, 0.1) is 11.8 Å². The van der Waals surface area contributed by atoms with Gasteiger partial charge in [-0.05, 0) is 71.8 Å². The fourth-order valence-corrected chi connectivity index (χ4v) is 5.11. The predicted octanol–water partition coefficient (Wildman–Crippen LogP) is 6.83. The van der Waals surface area contributed by atoms with Gasteiger partial charge in [0.15, 0.2) is 6.61 Å². The van der Waals surface area contributed by atoms with Crippen molar-refractivity contribution < 1.29 is 19.1 Å². The molecule has 0 aromatic heterocycles. The molecule has 1 saturated heterocycles. The molecule has 3 atom stereocenters. The minimum atomic E-state index is -0.269. The number of benzene rings is 3. The highest BCUT2D eigenvalue weighted by atomic mass is 35.5. The Hall–Kier alpha value is -3.35. The van der Waals surface area contributed by atoms with Crippen molar-refractivity contribution in [2.45, 2.75) is 39.2 Å². The van der Waals surface area contributed by atoms with E-state index < -0.39 is 0 Å². The van der Waals surface area contributed by atoms with Gasteiger partial charge in [-0.25, -0.2) is 0 Å². The number of ether oxygens (including phenoxy) is 2. The summed E-state index contributed by atoms with van der Waals surface area (Å²) in [7, 11) is 0. The van der Waals surface area contributed by atoms with Gasteiger partial charge in [-0.1, -0.05) is 55.8 Å². The quantitative estimate of drug-likeness (QED) is 0.341. The molecule has 3 aromatic rings. The molecule has 1 aliphatic heterocycles. The van der Waals surface area contributed by atoms with E-state index in [0.29, 0.717) is 35.6 Å². The van der Waals surface area contributed by atoms with Crippen LogP contribution in [-0.4, -0.2) is 25.0 Å². The second kappa shape index (κ2) is 12.3. The number of anilines is 2. The van der Waals surface area contributed by atoms with Crippen molar-refractivity contribution in [2.24, 2.45) is 11.8 Å². The summed E-state index contributed by atoms with van der Waals surface area (Å²) in [6.45, 7) is 6.38. The third-order valence-corrected chi connectivity index (χ3v) is 7.01. The maximum absolute atomic E-state index is 12.4. The van der Waals surface area contributed by atoms with Crippen LogP contribution >= 0.6 is 11.6 Å². The molecule has 0 spiro atoms. The van der Waals surface area contributed by atoms with Gasteiger partial charge in [-0.2, -0.15) is 0 Å². The summed E-state index contributed by atoms with van der Waals surface area (Å²) in [6.07, 6.45) is 0.929. The zero-order valence-electron chi connectivity index (χ0n) is 21.4. The Bertz CT molecular complexity index is 1230. The van der Waals surface area contributed by atoms with Crippen molar-refractivity contribution >= 4 is 34.8 Å². The van der Waals surface area contributed by atoms with Gasteiger partial charge in [0.05, 0.1) is 12.7 Å². The highest BCUT2D eigenvalue weighted by Crippen LogP contribution is 2.45. The summed E-state index contributed by atoms with van der Waals surface area (Å²) < 4.78 is 12.2. The topological polar surface area (TPSA) is 76.7 Å². The van der Waals surface area contributed by atoms with E-state index >= 15 is 0 Å². The zero-order chi connectivity index (χ0) is 26.4. The molecule has 1 aliphatic rings. The first-order valence-corrected chi connectivity index (χ1v) is 12.9. The molecule has 0 radical (unpaired) electrons. The number of carbonyl (C=O) groups is 2. The highest BCUT2D eigenvalue weighted by Gasteiger charge is 2.35. The van der Waals surface area contributed by atoms with Crippen LogP contribution in [0.15, 0.2) is 72.8 Å². The Morgan fingerprint density at radius 2 is 1.70 bits per heavy atom. The molecule has 37 heavy (non-hydrogen) atoms. The molecule has 4 rings (SSSR count). The SMILES string of the molecule is CC(=O)Nc1ccc(NC(=O)COc2cccc([C@@H]3OC[C@@H](c4ccccc4Cl)C[C@H]3C(C)C)c2)cc1. The Morgan fingerprint density at radius 1 is 1.00 bits per heavy atom. The lowest BCUT2D eigenvalue weighted by molar-refractivity contribution is -0.118. The maximum atomic E-state index is 12.4. The lowest BCUT2D eigenvalue weighted by Crippen LogP contribution is -2.31. The van der Waals surface area contributed by atoms with E-state index in [-0.39, 0.29) is 30.4 Å². The Kier molecular flexibility index (Phi) is 8.85. The van der Waals surface area contributed by atoms with Crippen molar-refractivity contribution in [2.75, 3.05) is 23.8 Å². The van der Waals surface area contributed by atoms with Gasteiger partial charge in [0.2, 0.25) is 5.91 Å². The lowest BCUT2D eigenvalue weighted by Gasteiger charge is -2.39. The van der Waals surface area contributed by atoms with Crippen LogP contribution in [0.25, 0.3) is 0 Å². The molecule has 194 valence electrons. The van der Waals surface area contributed by atoms with E-state index in [0.717, 1.165) is 22.6 Å². The second-order valence-corrected chi connectivity index (χ2v) is 10.2. The average molecular weight is 521 g/mol. The van der Waals surface area contributed by atoms with Crippen LogP contribution in [-0.2, 0) is 14.3 Å². The van der Waals surface area contributed by atoms with Crippen molar-refractivity contribution in [1.29, 1.82) is 0 Å². The van der Waals surface area contributed by atoms with E-state index in [2.05, 4.69) is 36.6 Å². The first kappa shape index (κ1) is 26.7. The molecule has 0 aliphatic carbocycles. The maximum Gasteiger partial charge on any atom is 0.262 e. The normalized spacial score (nSPS) is 19.3. The molecule has 6 nitrogen and oxygen atoms in total. The summed E-state index contributed by atoms with van der Waals surface area (Å²) >= 11 is 6.48. The smallest absolute Gasteiger partial charge is 0.262 e. The summed E-state index contributed by atoms with van der Waals surface area (Å²) in [5.74, 6) is 1.19. The van der Waals surface area contributed by atoms with E-state index in [4.69, 9.17) is 21.1 Å². The van der Waals surface area contributed by atoms with Crippen LogP contribution in [0.1, 0.15) is 50.3 Å². The van der Waals surface area contributed by atoms with Crippen LogP contribution in [0.2, 0.25) is 5.02 Å². The highest BCUT2D eigenvalue weighted by molar-refractivity contribution is 6.31. The van der Waals surface area contributed by atoms with E-state index in [9.17, 15) is 9.59 Å². The number of halogens is 1. The van der Waals surface area contributed by atoms with Gasteiger partial charge in [-0.15, -0.1) is 0 Å². The fraction of sp³-hybridized carbons (Fsp3) is 0.333. The largest absolute Gasteiger partial charge is 0.484 e. The molecule has 1 heterocycles. The molecular formula is C30H33ClN2O4. The molecular weight excluding hydrogens is 488 g/mol. The van der Waals surface area contributed by atoms with Gasteiger partial charge in [0, 0.05) is 29.2 Å². The Morgan fingerprint density at radius 3 is 2.38 bits per heavy atom. The van der Waals surface area contributed by atoms with E-state index in [1.54, 1.807) is 24.3 Å². The van der Waals surface area contributed by atoms with Gasteiger partial charge >= 0.3 is 0 Å². The van der Waals surface area contributed by atoms with Crippen LogP contribution in [0.3, 0.4) is 0 Å². The van der Waals surface area contributed by atoms with Crippen molar-refractivity contribution in [1.82, 2.24) is 0 Å². The van der Waals surface area contributed by atoms with E-state index in [1.807, 2.05) is 36.4 Å². The van der Waals surface area contributed by atoms with Gasteiger partial charge in [-0.3, -0.25) is 9.59 Å². The minimum Gasteiger partial charge on any atom is -0.484 e. The minimum absolute atomic E-state index is 0.0572. The number of nitrogens with one attached hydrogen (secondary N) is 2. The number of hydrogen-bond acceptors (Lipinski definition) is 4. The number of rotatable bonds is 8. The van der Waals surface area contributed by atoms with Crippen molar-refractivity contribution in [3.05, 3.63) is 88.9 Å². The van der Waals surface area contributed by atoms with Crippen LogP contribution < -0.4 is 15.4 Å². The Labute approximate surface area is 223 Å². The number of hydrogen-bond donors (Lipinski definition) is 2. The third kappa shape index (κ3) is 7.12. The molecule has 3 aromatic carbocycles. The summed E-state index contributed by atoms with van der Waals surface area (Å²) in [5, 5.41) is 6.29. The molecule has 1 fully saturated rings. The first-order valence-electron chi connectivity index (χ1n) is 12.6. The summed E-state index contributed by atoms with van der Waals surface area (Å²) in [4.78, 5) is 23.6. The fourth-order valence-electron chi connectivity index (χ4n) is 4.82. The summed E-state index contributed by atoms with van der Waals surface area (Å²) in [5.41, 5.74) is 3.48. The van der Waals surface area contributed by atoms with Crippen LogP contribution in [0.4, 0.5) is 11.4 Å². The van der Waals surface area contributed by atoms with Crippen molar-refractivity contribution in [3.8, 4) is 5.75 Å². The zero-order valence-corrected chi connectivity index (χ0v) is 22.1. The van der Waals surface area contributed by atoms with E-state index in [1.165, 1.54) is 6.92 Å². The predicted molar refractivity (Wildman–Crippen MR) is 147 cm³/mol. The van der Waals surface area contributed by atoms with Gasteiger partial charge in [0.1, 0.15) is 5.75 Å². The second-order valence-electron chi connectivity index (χ2n) is 9.78. The standard InChI is InChI=1S/C30H33ClN2O4/c1-19(2)27-16-22(26-9-4-5-10-28(26)31)17-37-30(27)21-7-6-8-25(15-21)36-18-29(35)33-24-13-11-23(12-14-24)32-20(3)34/h4-15,19,22,27,30H,16-18H2,1-3H3,(H,32,34)(H,33,35)/t22-,27-,30-/m0/s1. The van der Waals surface area contributed by atoms with Gasteiger partial charge < -0.3 is 20.1 Å².